The Kier molecular flexibility index (Phi) is 8.32. The summed E-state index contributed by atoms with van der Waals surface area (Å²) in [7, 11) is 3.05. The summed E-state index contributed by atoms with van der Waals surface area (Å²) in [5.74, 6) is -1.26. The summed E-state index contributed by atoms with van der Waals surface area (Å²) in [5.41, 5.74) is 6.67. The Morgan fingerprint density at radius 3 is 2.29 bits per heavy atom. The van der Waals surface area contributed by atoms with E-state index in [1.54, 1.807) is 38.2 Å². The first kappa shape index (κ1) is 26.4. The van der Waals surface area contributed by atoms with Crippen molar-refractivity contribution >= 4 is 11.9 Å². The molecule has 4 N–H and O–H groups in total. The maximum absolute atomic E-state index is 13.2. The molecule has 1 aliphatic rings. The predicted octanol–water partition coefficient (Wildman–Crippen LogP) is 1.86. The molecule has 1 aliphatic carbocycles. The fourth-order valence-electron chi connectivity index (χ4n) is 5.08. The first-order valence-electron chi connectivity index (χ1n) is 12.2. The van der Waals surface area contributed by atoms with Crippen molar-refractivity contribution in [2.75, 3.05) is 6.54 Å². The van der Waals surface area contributed by atoms with E-state index in [0.717, 1.165) is 55.1 Å². The highest BCUT2D eigenvalue weighted by atomic mass is 16.4. The van der Waals surface area contributed by atoms with Crippen LogP contribution in [0.4, 0.5) is 0 Å². The molecule has 1 aromatic heterocycles. The van der Waals surface area contributed by atoms with Gasteiger partial charge in [-0.25, -0.2) is 9.59 Å². The van der Waals surface area contributed by atoms with Gasteiger partial charge in [0, 0.05) is 31.6 Å². The van der Waals surface area contributed by atoms with Crippen molar-refractivity contribution in [3.8, 4) is 11.1 Å². The number of benzene rings is 1. The molecule has 1 heterocycles. The molecular weight excluding hydrogens is 448 g/mol. The normalized spacial score (nSPS) is 15.7. The molecule has 9 nitrogen and oxygen atoms in total. The second-order valence-corrected chi connectivity index (χ2v) is 9.66. The quantitative estimate of drug-likeness (QED) is 0.440. The second-order valence-electron chi connectivity index (χ2n) is 9.66. The van der Waals surface area contributed by atoms with Crippen molar-refractivity contribution in [3.63, 3.8) is 0 Å². The van der Waals surface area contributed by atoms with Gasteiger partial charge < -0.3 is 20.7 Å². The molecule has 1 atom stereocenters. The summed E-state index contributed by atoms with van der Waals surface area (Å²) in [4.78, 5) is 50.0. The smallest absolute Gasteiger partial charge is 0.330 e. The highest BCUT2D eigenvalue weighted by Gasteiger charge is 2.41. The monoisotopic (exact) mass is 484 g/mol. The molecule has 1 fully saturated rings. The summed E-state index contributed by atoms with van der Waals surface area (Å²) in [5, 5.41) is 12.6. The average molecular weight is 485 g/mol. The molecule has 190 valence electrons. The maximum Gasteiger partial charge on any atom is 0.330 e. The number of carbonyl (C=O) groups excluding carboxylic acids is 1. The number of nitrogens with two attached hydrogens (primary N) is 1. The van der Waals surface area contributed by atoms with Crippen LogP contribution in [0.5, 0.6) is 0 Å². The van der Waals surface area contributed by atoms with Crippen LogP contribution in [0.3, 0.4) is 0 Å². The number of aromatic nitrogens is 2. The Morgan fingerprint density at radius 2 is 1.71 bits per heavy atom. The van der Waals surface area contributed by atoms with E-state index in [4.69, 9.17) is 5.73 Å². The summed E-state index contributed by atoms with van der Waals surface area (Å²) in [6, 6.07) is 5.96. The predicted molar refractivity (Wildman–Crippen MR) is 134 cm³/mol. The molecule has 1 amide bonds. The minimum absolute atomic E-state index is 0.129. The molecule has 35 heavy (non-hydrogen) atoms. The lowest BCUT2D eigenvalue weighted by atomic mass is 9.79. The van der Waals surface area contributed by atoms with Crippen LogP contribution in [0.15, 0.2) is 33.9 Å². The molecule has 3 rings (SSSR count). The summed E-state index contributed by atoms with van der Waals surface area (Å²) < 4.78 is 2.49. The van der Waals surface area contributed by atoms with Crippen LogP contribution < -0.4 is 22.3 Å². The number of hydrogen-bond donors (Lipinski definition) is 3. The molecule has 0 saturated heterocycles. The Morgan fingerprint density at radius 1 is 1.09 bits per heavy atom. The molecule has 1 aromatic carbocycles. The number of carbonyl (C=O) groups is 2. The van der Waals surface area contributed by atoms with Crippen molar-refractivity contribution in [3.05, 3.63) is 56.4 Å². The van der Waals surface area contributed by atoms with E-state index in [-0.39, 0.29) is 17.9 Å². The third kappa shape index (κ3) is 5.56. The summed E-state index contributed by atoms with van der Waals surface area (Å²) >= 11 is 0. The van der Waals surface area contributed by atoms with Crippen LogP contribution in [0.2, 0.25) is 0 Å². The van der Waals surface area contributed by atoms with Gasteiger partial charge in [0.25, 0.3) is 5.56 Å². The van der Waals surface area contributed by atoms with E-state index in [1.165, 1.54) is 11.6 Å². The van der Waals surface area contributed by atoms with Gasteiger partial charge in [0.05, 0.1) is 5.56 Å². The van der Waals surface area contributed by atoms with E-state index in [1.807, 2.05) is 0 Å². The summed E-state index contributed by atoms with van der Waals surface area (Å²) in [6.45, 7) is 2.30. The van der Waals surface area contributed by atoms with Crippen molar-refractivity contribution in [1.82, 2.24) is 14.5 Å². The third-order valence-electron chi connectivity index (χ3n) is 7.39. The minimum atomic E-state index is -1.08. The standard InChI is InChI=1S/C26H36N4O5/c1-17-21(22(31)30(3)25(35)29(17)2)19-10-8-18(9-11-19)16-20(23(32)33)28-24(34)26(12-4-5-13-26)14-6-7-15-27/h8-11,20H,4-7,12-16,27H2,1-3H3,(H,28,34)(H,32,33). The summed E-state index contributed by atoms with van der Waals surface area (Å²) in [6.07, 6.45) is 6.06. The minimum Gasteiger partial charge on any atom is -0.480 e. The molecule has 2 aromatic rings. The van der Waals surface area contributed by atoms with Crippen LogP contribution >= 0.6 is 0 Å². The van der Waals surface area contributed by atoms with E-state index >= 15 is 0 Å². The number of hydrogen-bond acceptors (Lipinski definition) is 5. The molecule has 1 unspecified atom stereocenters. The fraction of sp³-hybridized carbons (Fsp3) is 0.538. The van der Waals surface area contributed by atoms with Crippen molar-refractivity contribution in [1.29, 1.82) is 0 Å². The van der Waals surface area contributed by atoms with Gasteiger partial charge in [-0.1, -0.05) is 43.5 Å². The number of amides is 1. The Hall–Kier alpha value is -3.20. The Bertz CT molecular complexity index is 1190. The lowest BCUT2D eigenvalue weighted by molar-refractivity contribution is -0.144. The topological polar surface area (TPSA) is 136 Å². The van der Waals surface area contributed by atoms with Crippen LogP contribution in [0.1, 0.15) is 56.2 Å². The number of nitrogens with zero attached hydrogens (tertiary/aromatic N) is 2. The third-order valence-corrected chi connectivity index (χ3v) is 7.39. The van der Waals surface area contributed by atoms with Gasteiger partial charge >= 0.3 is 11.7 Å². The van der Waals surface area contributed by atoms with Gasteiger partial charge in [0.15, 0.2) is 0 Å². The van der Waals surface area contributed by atoms with E-state index in [2.05, 4.69) is 5.32 Å². The van der Waals surface area contributed by atoms with E-state index < -0.39 is 23.1 Å². The van der Waals surface area contributed by atoms with Crippen molar-refractivity contribution in [2.45, 2.75) is 64.3 Å². The largest absolute Gasteiger partial charge is 0.480 e. The fourth-order valence-corrected chi connectivity index (χ4v) is 5.08. The van der Waals surface area contributed by atoms with Gasteiger partial charge in [-0.3, -0.25) is 14.2 Å². The number of carboxylic acid groups (broad SMARTS) is 1. The van der Waals surface area contributed by atoms with Crippen LogP contribution in [0.25, 0.3) is 11.1 Å². The van der Waals surface area contributed by atoms with Gasteiger partial charge in [-0.2, -0.15) is 0 Å². The lowest BCUT2D eigenvalue weighted by Gasteiger charge is -2.29. The number of rotatable bonds is 10. The number of nitrogens with one attached hydrogen (secondary N) is 1. The first-order valence-corrected chi connectivity index (χ1v) is 12.2. The van der Waals surface area contributed by atoms with Gasteiger partial charge in [-0.05, 0) is 50.3 Å². The Balaban J connectivity index is 1.79. The molecule has 0 bridgehead atoms. The van der Waals surface area contributed by atoms with Crippen molar-refractivity contribution < 1.29 is 14.7 Å². The zero-order valence-electron chi connectivity index (χ0n) is 20.8. The molecule has 1 saturated carbocycles. The molecular formula is C26H36N4O5. The number of aliphatic carboxylic acids is 1. The van der Waals surface area contributed by atoms with Gasteiger partial charge in [0.1, 0.15) is 6.04 Å². The van der Waals surface area contributed by atoms with Crippen molar-refractivity contribution in [2.24, 2.45) is 25.2 Å². The van der Waals surface area contributed by atoms with E-state index in [9.17, 15) is 24.3 Å². The Labute approximate surface area is 205 Å². The number of unbranched alkanes of at least 4 members (excludes halogenated alkanes) is 1. The molecule has 0 radical (unpaired) electrons. The lowest BCUT2D eigenvalue weighted by Crippen LogP contribution is -2.48. The molecule has 0 aliphatic heterocycles. The average Bonchev–Trinajstić information content (AvgIpc) is 3.32. The van der Waals surface area contributed by atoms with Gasteiger partial charge in [0.2, 0.25) is 5.91 Å². The molecule has 9 heteroatoms. The second kappa shape index (κ2) is 11.0. The number of carboxylic acids is 1. The van der Waals surface area contributed by atoms with Gasteiger partial charge in [-0.15, -0.1) is 0 Å². The first-order chi connectivity index (χ1) is 16.6. The highest BCUT2D eigenvalue weighted by molar-refractivity contribution is 5.87. The molecule has 0 spiro atoms. The van der Waals surface area contributed by atoms with Crippen LogP contribution in [-0.2, 0) is 30.1 Å². The SMILES string of the molecule is Cc1c(-c2ccc(CC(NC(=O)C3(CCCCN)CCCC3)C(=O)O)cc2)c(=O)n(C)c(=O)n1C. The van der Waals surface area contributed by atoms with Crippen LogP contribution in [0, 0.1) is 12.3 Å². The van der Waals surface area contributed by atoms with Crippen LogP contribution in [-0.4, -0.2) is 38.7 Å². The zero-order valence-corrected chi connectivity index (χ0v) is 20.8. The zero-order chi connectivity index (χ0) is 25.8. The maximum atomic E-state index is 13.2. The van der Waals surface area contributed by atoms with E-state index in [0.29, 0.717) is 23.4 Å². The highest BCUT2D eigenvalue weighted by Crippen LogP contribution is 2.42.